The number of aromatic hydroxyl groups is 1. The van der Waals surface area contributed by atoms with Gasteiger partial charge in [0.1, 0.15) is 5.75 Å². The van der Waals surface area contributed by atoms with Crippen LogP contribution in [0, 0.1) is 0 Å². The summed E-state index contributed by atoms with van der Waals surface area (Å²) in [5.41, 5.74) is 1.05. The Labute approximate surface area is 124 Å². The number of carboxylic acids is 1. The van der Waals surface area contributed by atoms with E-state index < -0.39 is 5.97 Å². The number of benzene rings is 1. The average Bonchev–Trinajstić information content (AvgIpc) is 2.42. The zero-order valence-corrected chi connectivity index (χ0v) is 12.1. The molecule has 0 bridgehead atoms. The quantitative estimate of drug-likeness (QED) is 0.876. The molecule has 2 N–H and O–H groups in total. The number of halogens is 1. The van der Waals surface area contributed by atoms with Gasteiger partial charge >= 0.3 is 5.97 Å². The van der Waals surface area contributed by atoms with Gasteiger partial charge in [-0.05, 0) is 43.5 Å². The molecule has 110 valence electrons. The van der Waals surface area contributed by atoms with Crippen molar-refractivity contribution in [1.29, 1.82) is 0 Å². The third kappa shape index (κ3) is 4.12. The molecule has 1 aliphatic rings. The van der Waals surface area contributed by atoms with Gasteiger partial charge in [0.25, 0.3) is 0 Å². The summed E-state index contributed by atoms with van der Waals surface area (Å²) in [5, 5.41) is 18.6. The van der Waals surface area contributed by atoms with Gasteiger partial charge in [-0.15, -0.1) is 0 Å². The average molecular weight is 298 g/mol. The minimum Gasteiger partial charge on any atom is -0.506 e. The molecule has 5 heteroatoms. The second-order valence-corrected chi connectivity index (χ2v) is 5.75. The van der Waals surface area contributed by atoms with Crippen LogP contribution in [-0.2, 0) is 11.3 Å². The first kappa shape index (κ1) is 15.1. The largest absolute Gasteiger partial charge is 0.506 e. The summed E-state index contributed by atoms with van der Waals surface area (Å²) in [6.07, 6.45) is 4.28. The van der Waals surface area contributed by atoms with Crippen molar-refractivity contribution >= 4 is 17.6 Å². The molecule has 0 saturated carbocycles. The molecule has 1 fully saturated rings. The fraction of sp³-hybridized carbons (Fsp3) is 0.533. The Bertz CT molecular complexity index is 478. The Morgan fingerprint density at radius 2 is 2.20 bits per heavy atom. The molecule has 20 heavy (non-hydrogen) atoms. The number of phenols is 1. The summed E-state index contributed by atoms with van der Waals surface area (Å²) >= 11 is 5.92. The van der Waals surface area contributed by atoms with Crippen molar-refractivity contribution in [3.63, 3.8) is 0 Å². The zero-order chi connectivity index (χ0) is 14.5. The maximum atomic E-state index is 10.7. The Morgan fingerprint density at radius 1 is 1.40 bits per heavy atom. The molecule has 0 amide bonds. The van der Waals surface area contributed by atoms with Crippen LogP contribution in [0.1, 0.15) is 37.7 Å². The van der Waals surface area contributed by atoms with E-state index >= 15 is 0 Å². The van der Waals surface area contributed by atoms with E-state index in [1.165, 1.54) is 0 Å². The highest BCUT2D eigenvalue weighted by molar-refractivity contribution is 6.32. The first-order valence-electron chi connectivity index (χ1n) is 6.99. The normalized spacial score (nSPS) is 19.9. The number of nitrogens with zero attached hydrogens (tertiary/aromatic N) is 1. The number of rotatable bonds is 5. The van der Waals surface area contributed by atoms with E-state index in [0.29, 0.717) is 17.5 Å². The molecule has 0 radical (unpaired) electrons. The molecule has 0 aromatic heterocycles. The third-order valence-corrected chi connectivity index (χ3v) is 4.14. The summed E-state index contributed by atoms with van der Waals surface area (Å²) < 4.78 is 0. The number of likely N-dealkylation sites (tertiary alicyclic amines) is 1. The topological polar surface area (TPSA) is 60.8 Å². The van der Waals surface area contributed by atoms with E-state index in [1.54, 1.807) is 12.1 Å². The maximum Gasteiger partial charge on any atom is 0.303 e. The summed E-state index contributed by atoms with van der Waals surface area (Å²) in [4.78, 5) is 13.1. The number of hydrogen-bond donors (Lipinski definition) is 2. The van der Waals surface area contributed by atoms with Gasteiger partial charge in [0.2, 0.25) is 0 Å². The van der Waals surface area contributed by atoms with E-state index in [1.807, 2.05) is 6.07 Å². The van der Waals surface area contributed by atoms with Crippen molar-refractivity contribution in [2.45, 2.75) is 44.7 Å². The molecule has 1 heterocycles. The molecule has 1 saturated heterocycles. The number of carbonyl (C=O) groups is 1. The second kappa shape index (κ2) is 6.95. The Balaban J connectivity index is 2.00. The second-order valence-electron chi connectivity index (χ2n) is 5.34. The van der Waals surface area contributed by atoms with Crippen LogP contribution in [0.3, 0.4) is 0 Å². The summed E-state index contributed by atoms with van der Waals surface area (Å²) in [6, 6.07) is 5.57. The number of carboxylic acid groups (broad SMARTS) is 1. The van der Waals surface area contributed by atoms with Crippen molar-refractivity contribution in [1.82, 2.24) is 4.90 Å². The van der Waals surface area contributed by atoms with Gasteiger partial charge < -0.3 is 10.2 Å². The van der Waals surface area contributed by atoms with Crippen molar-refractivity contribution in [2.75, 3.05) is 6.54 Å². The smallest absolute Gasteiger partial charge is 0.303 e. The van der Waals surface area contributed by atoms with Crippen LogP contribution >= 0.6 is 11.6 Å². The van der Waals surface area contributed by atoms with Crippen molar-refractivity contribution in [2.24, 2.45) is 0 Å². The Hall–Kier alpha value is -1.26. The molecular formula is C15H20ClNO3. The highest BCUT2D eigenvalue weighted by atomic mass is 35.5. The molecule has 0 aliphatic carbocycles. The lowest BCUT2D eigenvalue weighted by atomic mass is 9.97. The standard InChI is InChI=1S/C15H20ClNO3/c16-13-9-11(4-6-14(13)18)10-17-8-2-1-3-12(17)5-7-15(19)20/h4,6,9,12,18H,1-3,5,7-8,10H2,(H,19,20). The maximum absolute atomic E-state index is 10.7. The van der Waals surface area contributed by atoms with E-state index in [9.17, 15) is 9.90 Å². The van der Waals surface area contributed by atoms with Gasteiger partial charge in [0.15, 0.2) is 0 Å². The first-order valence-corrected chi connectivity index (χ1v) is 7.37. The van der Waals surface area contributed by atoms with Crippen LogP contribution in [0.4, 0.5) is 0 Å². The zero-order valence-electron chi connectivity index (χ0n) is 11.4. The summed E-state index contributed by atoms with van der Waals surface area (Å²) in [6.45, 7) is 1.74. The first-order chi connectivity index (χ1) is 9.56. The Kier molecular flexibility index (Phi) is 5.26. The predicted octanol–water partition coefficient (Wildman–Crippen LogP) is 3.26. The van der Waals surface area contributed by atoms with Crippen LogP contribution in [0.2, 0.25) is 5.02 Å². The van der Waals surface area contributed by atoms with Crippen molar-refractivity contribution in [3.05, 3.63) is 28.8 Å². The van der Waals surface area contributed by atoms with E-state index in [-0.39, 0.29) is 12.2 Å². The van der Waals surface area contributed by atoms with Crippen LogP contribution in [0.15, 0.2) is 18.2 Å². The molecule has 4 nitrogen and oxygen atoms in total. The van der Waals surface area contributed by atoms with E-state index in [2.05, 4.69) is 4.90 Å². The van der Waals surface area contributed by atoms with Crippen molar-refractivity contribution in [3.8, 4) is 5.75 Å². The van der Waals surface area contributed by atoms with Gasteiger partial charge in [0, 0.05) is 19.0 Å². The van der Waals surface area contributed by atoms with Gasteiger partial charge in [-0.1, -0.05) is 24.1 Å². The third-order valence-electron chi connectivity index (χ3n) is 3.84. The molecule has 1 unspecified atom stereocenters. The summed E-state index contributed by atoms with van der Waals surface area (Å²) in [5.74, 6) is -0.639. The monoisotopic (exact) mass is 297 g/mol. The highest BCUT2D eigenvalue weighted by Gasteiger charge is 2.23. The SMILES string of the molecule is O=C(O)CCC1CCCCN1Cc1ccc(O)c(Cl)c1. The van der Waals surface area contributed by atoms with Gasteiger partial charge in [0.05, 0.1) is 5.02 Å². The molecule has 1 aromatic rings. The van der Waals surface area contributed by atoms with Crippen molar-refractivity contribution < 1.29 is 15.0 Å². The molecule has 2 rings (SSSR count). The lowest BCUT2D eigenvalue weighted by Gasteiger charge is -2.35. The number of hydrogen-bond acceptors (Lipinski definition) is 3. The minimum absolute atomic E-state index is 0.0940. The van der Waals surface area contributed by atoms with E-state index in [0.717, 1.165) is 37.9 Å². The molecule has 1 aliphatic heterocycles. The highest BCUT2D eigenvalue weighted by Crippen LogP contribution is 2.27. The molecule has 1 atom stereocenters. The number of aliphatic carboxylic acids is 1. The van der Waals surface area contributed by atoms with Crippen LogP contribution < -0.4 is 0 Å². The molecule has 0 spiro atoms. The minimum atomic E-state index is -0.733. The number of phenolic OH excluding ortho intramolecular Hbond substituents is 1. The van der Waals surface area contributed by atoms with Crippen LogP contribution in [0.5, 0.6) is 5.75 Å². The van der Waals surface area contributed by atoms with Crippen LogP contribution in [0.25, 0.3) is 0 Å². The van der Waals surface area contributed by atoms with Crippen LogP contribution in [-0.4, -0.2) is 33.7 Å². The molecular weight excluding hydrogens is 278 g/mol. The van der Waals surface area contributed by atoms with E-state index in [4.69, 9.17) is 16.7 Å². The van der Waals surface area contributed by atoms with Gasteiger partial charge in [-0.2, -0.15) is 0 Å². The lowest BCUT2D eigenvalue weighted by molar-refractivity contribution is -0.137. The molecule has 1 aromatic carbocycles. The van der Waals surface area contributed by atoms with Gasteiger partial charge in [-0.25, -0.2) is 0 Å². The fourth-order valence-corrected chi connectivity index (χ4v) is 2.97. The predicted molar refractivity (Wildman–Crippen MR) is 78.0 cm³/mol. The fourth-order valence-electron chi connectivity index (χ4n) is 2.77. The number of piperidine rings is 1. The summed E-state index contributed by atoms with van der Waals surface area (Å²) in [7, 11) is 0. The Morgan fingerprint density at radius 3 is 2.90 bits per heavy atom. The van der Waals surface area contributed by atoms with Gasteiger partial charge in [-0.3, -0.25) is 9.69 Å². The lowest BCUT2D eigenvalue weighted by Crippen LogP contribution is -2.39.